The summed E-state index contributed by atoms with van der Waals surface area (Å²) in [4.78, 5) is 39.7. The van der Waals surface area contributed by atoms with Crippen molar-refractivity contribution >= 4 is 29.3 Å². The molecule has 1 aromatic heterocycles. The van der Waals surface area contributed by atoms with Gasteiger partial charge in [-0.05, 0) is 6.07 Å². The highest BCUT2D eigenvalue weighted by Crippen LogP contribution is 2.23. The number of nitrogens with zero attached hydrogens (tertiary/aromatic N) is 2. The molecule has 0 aromatic carbocycles. The monoisotopic (exact) mass is 278 g/mol. The molecule has 0 spiro atoms. The van der Waals surface area contributed by atoms with Gasteiger partial charge >= 0.3 is 5.97 Å². The summed E-state index contributed by atoms with van der Waals surface area (Å²) < 4.78 is 4.59. The molecular weight excluding hydrogens is 264 g/mol. The summed E-state index contributed by atoms with van der Waals surface area (Å²) in [5.41, 5.74) is 6.04. The van der Waals surface area contributed by atoms with Crippen molar-refractivity contribution in [1.29, 1.82) is 0 Å². The first-order chi connectivity index (χ1) is 9.45. The Hall–Kier alpha value is -2.64. The van der Waals surface area contributed by atoms with E-state index in [2.05, 4.69) is 15.0 Å². The van der Waals surface area contributed by atoms with Crippen LogP contribution in [0, 0.1) is 0 Å². The number of pyridine rings is 1. The van der Waals surface area contributed by atoms with E-state index >= 15 is 0 Å². The van der Waals surface area contributed by atoms with Gasteiger partial charge in [0.1, 0.15) is 6.04 Å². The van der Waals surface area contributed by atoms with Gasteiger partial charge in [-0.2, -0.15) is 0 Å². The van der Waals surface area contributed by atoms with E-state index in [9.17, 15) is 14.4 Å². The van der Waals surface area contributed by atoms with Crippen LogP contribution < -0.4 is 11.1 Å². The van der Waals surface area contributed by atoms with Crippen LogP contribution in [-0.2, 0) is 14.3 Å². The van der Waals surface area contributed by atoms with E-state index in [1.165, 1.54) is 26.4 Å². The second-order valence-corrected chi connectivity index (χ2v) is 4.30. The third-order valence-electron chi connectivity index (χ3n) is 3.09. The fourth-order valence-corrected chi connectivity index (χ4v) is 1.91. The Morgan fingerprint density at radius 3 is 2.80 bits per heavy atom. The summed E-state index contributed by atoms with van der Waals surface area (Å²) in [5.74, 6) is -1.07. The van der Waals surface area contributed by atoms with Crippen LogP contribution in [0.2, 0.25) is 0 Å². The first-order valence-electron chi connectivity index (χ1n) is 5.85. The van der Waals surface area contributed by atoms with E-state index in [1.54, 1.807) is 0 Å². The molecule has 3 N–H and O–H groups in total. The Morgan fingerprint density at radius 1 is 1.55 bits per heavy atom. The van der Waals surface area contributed by atoms with Gasteiger partial charge in [-0.25, -0.2) is 9.78 Å². The van der Waals surface area contributed by atoms with E-state index in [0.29, 0.717) is 0 Å². The topological polar surface area (TPSA) is 115 Å². The van der Waals surface area contributed by atoms with E-state index in [4.69, 9.17) is 5.73 Å². The largest absolute Gasteiger partial charge is 0.465 e. The zero-order chi connectivity index (χ0) is 14.9. The summed E-state index contributed by atoms with van der Waals surface area (Å²) in [5, 5.41) is 2.78. The standard InChI is InChI=1S/C12H14N4O4/c1-16-8(17)5-7(11(16)18)15-10-9(13)6(3-4-14-10)12(19)20-2/h3-4,7H,5,13H2,1-2H3,(H,14,15). The molecule has 0 bridgehead atoms. The van der Waals surface area contributed by atoms with Crippen molar-refractivity contribution in [1.82, 2.24) is 9.88 Å². The Bertz CT molecular complexity index is 587. The summed E-state index contributed by atoms with van der Waals surface area (Å²) in [6.45, 7) is 0. The smallest absolute Gasteiger partial charge is 0.340 e. The maximum Gasteiger partial charge on any atom is 0.340 e. The molecule has 1 atom stereocenters. The zero-order valence-electron chi connectivity index (χ0n) is 11.0. The van der Waals surface area contributed by atoms with Crippen molar-refractivity contribution in [3.63, 3.8) is 0 Å². The maximum atomic E-state index is 11.8. The van der Waals surface area contributed by atoms with Crippen LogP contribution in [0.25, 0.3) is 0 Å². The number of carbonyl (C=O) groups excluding carboxylic acids is 3. The highest BCUT2D eigenvalue weighted by molar-refractivity contribution is 6.07. The normalized spacial score (nSPS) is 18.3. The maximum absolute atomic E-state index is 11.8. The van der Waals surface area contributed by atoms with Gasteiger partial charge in [0.15, 0.2) is 5.82 Å². The molecule has 8 nitrogen and oxygen atoms in total. The van der Waals surface area contributed by atoms with Gasteiger partial charge in [0.05, 0.1) is 24.8 Å². The molecule has 20 heavy (non-hydrogen) atoms. The molecule has 106 valence electrons. The van der Waals surface area contributed by atoms with Crippen LogP contribution in [-0.4, -0.2) is 47.9 Å². The molecular formula is C12H14N4O4. The van der Waals surface area contributed by atoms with Gasteiger partial charge in [-0.15, -0.1) is 0 Å². The number of carbonyl (C=O) groups is 3. The summed E-state index contributed by atoms with van der Waals surface area (Å²) >= 11 is 0. The van der Waals surface area contributed by atoms with E-state index in [0.717, 1.165) is 4.90 Å². The molecule has 2 amide bonds. The van der Waals surface area contributed by atoms with Gasteiger partial charge in [0, 0.05) is 13.2 Å². The molecule has 1 fully saturated rings. The van der Waals surface area contributed by atoms with E-state index < -0.39 is 12.0 Å². The number of imide groups is 1. The number of nitrogens with two attached hydrogens (primary N) is 1. The predicted octanol–water partition coefficient (Wildman–Crippen LogP) is -0.380. The van der Waals surface area contributed by atoms with Crippen molar-refractivity contribution in [2.75, 3.05) is 25.2 Å². The fraction of sp³-hybridized carbons (Fsp3) is 0.333. The molecule has 0 radical (unpaired) electrons. The van der Waals surface area contributed by atoms with Crippen molar-refractivity contribution in [3.05, 3.63) is 17.8 Å². The molecule has 0 saturated carbocycles. The van der Waals surface area contributed by atoms with Crippen LogP contribution in [0.5, 0.6) is 0 Å². The number of nitrogen functional groups attached to an aromatic ring is 1. The van der Waals surface area contributed by atoms with E-state index in [1.807, 2.05) is 0 Å². The second-order valence-electron chi connectivity index (χ2n) is 4.30. The summed E-state index contributed by atoms with van der Waals surface area (Å²) in [6, 6.07) is 0.690. The fourth-order valence-electron chi connectivity index (χ4n) is 1.91. The SMILES string of the molecule is COC(=O)c1ccnc(NC2CC(=O)N(C)C2=O)c1N. The molecule has 1 aliphatic rings. The Balaban J connectivity index is 2.25. The Morgan fingerprint density at radius 2 is 2.25 bits per heavy atom. The third kappa shape index (κ3) is 2.27. The number of aromatic nitrogens is 1. The highest BCUT2D eigenvalue weighted by Gasteiger charge is 2.36. The van der Waals surface area contributed by atoms with E-state index in [-0.39, 0.29) is 35.3 Å². The quantitative estimate of drug-likeness (QED) is 0.572. The van der Waals surface area contributed by atoms with Crippen LogP contribution in [0.4, 0.5) is 11.5 Å². The van der Waals surface area contributed by atoms with Crippen LogP contribution >= 0.6 is 0 Å². The van der Waals surface area contributed by atoms with Gasteiger partial charge in [-0.1, -0.05) is 0 Å². The predicted molar refractivity (Wildman–Crippen MR) is 69.8 cm³/mol. The lowest BCUT2D eigenvalue weighted by molar-refractivity contribution is -0.136. The van der Waals surface area contributed by atoms with Crippen molar-refractivity contribution in [3.8, 4) is 0 Å². The number of amides is 2. The minimum atomic E-state index is -0.727. The molecule has 2 rings (SSSR count). The molecule has 2 heterocycles. The number of likely N-dealkylation sites (tertiary alicyclic amines) is 1. The summed E-state index contributed by atoms with van der Waals surface area (Å²) in [7, 11) is 2.65. The number of likely N-dealkylation sites (N-methyl/N-ethyl adjacent to an activating group) is 1. The molecule has 0 aliphatic carbocycles. The Labute approximate surface area is 114 Å². The van der Waals surface area contributed by atoms with Crippen LogP contribution in [0.1, 0.15) is 16.8 Å². The Kier molecular flexibility index (Phi) is 3.55. The zero-order valence-corrected chi connectivity index (χ0v) is 11.0. The van der Waals surface area contributed by atoms with Gasteiger partial charge in [-0.3, -0.25) is 14.5 Å². The van der Waals surface area contributed by atoms with Crippen molar-refractivity contribution in [2.45, 2.75) is 12.5 Å². The first-order valence-corrected chi connectivity index (χ1v) is 5.85. The molecule has 1 unspecified atom stereocenters. The minimum Gasteiger partial charge on any atom is -0.465 e. The second kappa shape index (κ2) is 5.16. The third-order valence-corrected chi connectivity index (χ3v) is 3.09. The molecule has 8 heteroatoms. The first kappa shape index (κ1) is 13.8. The van der Waals surface area contributed by atoms with Gasteiger partial charge < -0.3 is 15.8 Å². The molecule has 1 aliphatic heterocycles. The number of hydrogen-bond donors (Lipinski definition) is 2. The van der Waals surface area contributed by atoms with Gasteiger partial charge in [0.25, 0.3) is 5.91 Å². The minimum absolute atomic E-state index is 0.0267. The lowest BCUT2D eigenvalue weighted by Crippen LogP contribution is -2.32. The van der Waals surface area contributed by atoms with Crippen LogP contribution in [0.3, 0.4) is 0 Å². The number of esters is 1. The number of nitrogens with one attached hydrogen (secondary N) is 1. The van der Waals surface area contributed by atoms with Gasteiger partial charge in [0.2, 0.25) is 5.91 Å². The number of rotatable bonds is 3. The van der Waals surface area contributed by atoms with Crippen LogP contribution in [0.15, 0.2) is 12.3 Å². The highest BCUT2D eigenvalue weighted by atomic mass is 16.5. The molecule has 1 aromatic rings. The number of hydrogen-bond acceptors (Lipinski definition) is 7. The number of methoxy groups -OCH3 is 1. The average Bonchev–Trinajstić information content (AvgIpc) is 2.68. The van der Waals surface area contributed by atoms with Crippen molar-refractivity contribution in [2.24, 2.45) is 0 Å². The lowest BCUT2D eigenvalue weighted by atomic mass is 10.2. The average molecular weight is 278 g/mol. The number of ether oxygens (including phenoxy) is 1. The van der Waals surface area contributed by atoms with Crippen molar-refractivity contribution < 1.29 is 19.1 Å². The molecule has 1 saturated heterocycles. The summed E-state index contributed by atoms with van der Waals surface area (Å²) in [6.07, 6.45) is 1.40. The number of anilines is 2. The lowest BCUT2D eigenvalue weighted by Gasteiger charge is -2.14.